The molecular formula is C20H20ClF3N4O2S2. The Bertz CT molecular complexity index is 1180. The highest BCUT2D eigenvalue weighted by molar-refractivity contribution is 7.90. The number of nitrogens with one attached hydrogen (secondary N) is 1. The molecule has 6 nitrogen and oxygen atoms in total. The molecular weight excluding hydrogens is 485 g/mol. The molecule has 0 bridgehead atoms. The van der Waals surface area contributed by atoms with E-state index in [1.807, 2.05) is 13.8 Å². The number of halogens is 4. The van der Waals surface area contributed by atoms with Crippen LogP contribution in [0.4, 0.5) is 19.0 Å². The molecule has 1 aromatic carbocycles. The lowest BCUT2D eigenvalue weighted by Gasteiger charge is -2.11. The quantitative estimate of drug-likeness (QED) is 0.444. The van der Waals surface area contributed by atoms with Crippen LogP contribution in [0.15, 0.2) is 41.4 Å². The average Bonchev–Trinajstić information content (AvgIpc) is 3.17. The monoisotopic (exact) mass is 504 g/mol. The van der Waals surface area contributed by atoms with Crippen LogP contribution < -0.4 is 5.32 Å². The average molecular weight is 505 g/mol. The normalized spacial score (nSPS) is 12.3. The second-order valence-electron chi connectivity index (χ2n) is 7.32. The van der Waals surface area contributed by atoms with Gasteiger partial charge in [-0.3, -0.25) is 0 Å². The van der Waals surface area contributed by atoms with E-state index in [0.717, 1.165) is 22.8 Å². The number of rotatable bonds is 8. The van der Waals surface area contributed by atoms with Crippen LogP contribution in [-0.2, 0) is 28.2 Å². The minimum absolute atomic E-state index is 0.126. The van der Waals surface area contributed by atoms with E-state index < -0.39 is 21.6 Å². The van der Waals surface area contributed by atoms with Crippen LogP contribution in [0.25, 0.3) is 0 Å². The Labute approximate surface area is 192 Å². The number of sulfone groups is 1. The molecule has 32 heavy (non-hydrogen) atoms. The molecule has 2 aromatic heterocycles. The molecule has 0 aliphatic heterocycles. The van der Waals surface area contributed by atoms with Crippen molar-refractivity contribution in [3.05, 3.63) is 62.7 Å². The van der Waals surface area contributed by atoms with E-state index in [2.05, 4.69) is 20.5 Å². The van der Waals surface area contributed by atoms with Crippen molar-refractivity contribution in [1.29, 1.82) is 0 Å². The molecule has 0 amide bonds. The molecule has 0 spiro atoms. The van der Waals surface area contributed by atoms with Crippen molar-refractivity contribution in [2.24, 2.45) is 0 Å². The van der Waals surface area contributed by atoms with Crippen LogP contribution >= 0.6 is 22.9 Å². The molecule has 3 rings (SSSR count). The van der Waals surface area contributed by atoms with Gasteiger partial charge in [0.1, 0.15) is 21.6 Å². The Hall–Kier alpha value is -2.24. The number of aromatic nitrogens is 3. The van der Waals surface area contributed by atoms with E-state index in [9.17, 15) is 21.6 Å². The van der Waals surface area contributed by atoms with Crippen molar-refractivity contribution in [3.8, 4) is 0 Å². The molecule has 0 fully saturated rings. The number of benzene rings is 1. The lowest BCUT2D eigenvalue weighted by molar-refractivity contribution is -0.137. The van der Waals surface area contributed by atoms with Gasteiger partial charge in [0.25, 0.3) is 0 Å². The van der Waals surface area contributed by atoms with Crippen molar-refractivity contribution in [3.63, 3.8) is 0 Å². The van der Waals surface area contributed by atoms with E-state index in [-0.39, 0.29) is 27.4 Å². The SMILES string of the molecule is CC(C)c1nnc(CS(=O)(=O)c2ccc(CCNc3ncc(C(F)(F)F)cc3Cl)cc2)s1. The Kier molecular flexibility index (Phi) is 7.41. The highest BCUT2D eigenvalue weighted by Crippen LogP contribution is 2.32. The number of pyridine rings is 1. The van der Waals surface area contributed by atoms with Crippen LogP contribution in [0.1, 0.15) is 40.9 Å². The fraction of sp³-hybridized carbons (Fsp3) is 0.350. The van der Waals surface area contributed by atoms with Crippen molar-refractivity contribution >= 4 is 38.6 Å². The summed E-state index contributed by atoms with van der Waals surface area (Å²) in [5.74, 6) is 0.123. The third kappa shape index (κ3) is 6.17. The molecule has 3 aromatic rings. The second kappa shape index (κ2) is 9.72. The van der Waals surface area contributed by atoms with Gasteiger partial charge >= 0.3 is 6.18 Å². The summed E-state index contributed by atoms with van der Waals surface area (Å²) in [4.78, 5) is 3.91. The highest BCUT2D eigenvalue weighted by atomic mass is 35.5. The van der Waals surface area contributed by atoms with Gasteiger partial charge in [-0.1, -0.05) is 37.6 Å². The van der Waals surface area contributed by atoms with Crippen LogP contribution in [-0.4, -0.2) is 30.1 Å². The van der Waals surface area contributed by atoms with E-state index in [4.69, 9.17) is 11.6 Å². The topological polar surface area (TPSA) is 84.8 Å². The molecule has 0 saturated heterocycles. The highest BCUT2D eigenvalue weighted by Gasteiger charge is 2.31. The van der Waals surface area contributed by atoms with E-state index >= 15 is 0 Å². The minimum Gasteiger partial charge on any atom is -0.369 e. The molecule has 0 radical (unpaired) electrons. The minimum atomic E-state index is -4.51. The van der Waals surface area contributed by atoms with Gasteiger partial charge in [-0.25, -0.2) is 13.4 Å². The summed E-state index contributed by atoms with van der Waals surface area (Å²) < 4.78 is 63.3. The summed E-state index contributed by atoms with van der Waals surface area (Å²) in [5, 5.41) is 12.0. The first kappa shape index (κ1) is 24.4. The summed E-state index contributed by atoms with van der Waals surface area (Å²) in [6.45, 7) is 4.29. The third-order valence-corrected chi connectivity index (χ3v) is 7.79. The van der Waals surface area contributed by atoms with Crippen molar-refractivity contribution in [1.82, 2.24) is 15.2 Å². The van der Waals surface area contributed by atoms with Crippen LogP contribution in [0.3, 0.4) is 0 Å². The third-order valence-electron chi connectivity index (χ3n) is 4.45. The fourth-order valence-electron chi connectivity index (χ4n) is 2.72. The molecule has 0 unspecified atom stereocenters. The molecule has 0 aliphatic rings. The number of alkyl halides is 3. The zero-order valence-electron chi connectivity index (χ0n) is 17.1. The van der Waals surface area contributed by atoms with Gasteiger partial charge in [0.2, 0.25) is 0 Å². The summed E-state index contributed by atoms with van der Waals surface area (Å²) in [6.07, 6.45) is -3.30. The van der Waals surface area contributed by atoms with Crippen LogP contribution in [0, 0.1) is 0 Å². The first-order valence-corrected chi connectivity index (χ1v) is 12.4. The molecule has 12 heteroatoms. The van der Waals surface area contributed by atoms with Gasteiger partial charge < -0.3 is 5.32 Å². The lowest BCUT2D eigenvalue weighted by Crippen LogP contribution is -2.10. The predicted molar refractivity (Wildman–Crippen MR) is 118 cm³/mol. The number of nitrogens with zero attached hydrogens (tertiary/aromatic N) is 3. The molecule has 172 valence electrons. The van der Waals surface area contributed by atoms with Gasteiger partial charge in [0.15, 0.2) is 9.84 Å². The van der Waals surface area contributed by atoms with Crippen molar-refractivity contribution in [2.75, 3.05) is 11.9 Å². The van der Waals surface area contributed by atoms with Crippen molar-refractivity contribution in [2.45, 2.75) is 43.0 Å². The van der Waals surface area contributed by atoms with Crippen LogP contribution in [0.5, 0.6) is 0 Å². The zero-order valence-corrected chi connectivity index (χ0v) is 19.5. The zero-order chi connectivity index (χ0) is 23.5. The predicted octanol–water partition coefficient (Wildman–Crippen LogP) is 5.36. The second-order valence-corrected chi connectivity index (χ2v) is 10.8. The summed E-state index contributed by atoms with van der Waals surface area (Å²) in [6, 6.07) is 7.25. The Morgan fingerprint density at radius 2 is 1.84 bits per heavy atom. The van der Waals surface area contributed by atoms with Gasteiger partial charge in [-0.15, -0.1) is 21.5 Å². The van der Waals surface area contributed by atoms with Gasteiger partial charge in [-0.2, -0.15) is 13.2 Å². The van der Waals surface area contributed by atoms with E-state index in [0.29, 0.717) is 18.0 Å². The summed E-state index contributed by atoms with van der Waals surface area (Å²) >= 11 is 7.16. The standard InChI is InChI=1S/C20H20ClF3N4O2S2/c1-12(2)19-28-27-17(31-19)11-32(29,30)15-5-3-13(4-6-15)7-8-25-18-16(21)9-14(10-26-18)20(22,23)24/h3-6,9-10,12H,7-8,11H2,1-2H3,(H,25,26). The molecule has 0 atom stereocenters. The molecule has 1 N–H and O–H groups in total. The first-order valence-electron chi connectivity index (χ1n) is 9.56. The van der Waals surface area contributed by atoms with E-state index in [1.165, 1.54) is 23.5 Å². The number of hydrogen-bond acceptors (Lipinski definition) is 7. The Morgan fingerprint density at radius 1 is 1.16 bits per heavy atom. The van der Waals surface area contributed by atoms with Crippen LogP contribution in [0.2, 0.25) is 5.02 Å². The van der Waals surface area contributed by atoms with E-state index in [1.54, 1.807) is 12.1 Å². The Morgan fingerprint density at radius 3 is 2.41 bits per heavy atom. The number of anilines is 1. The van der Waals surface area contributed by atoms with Gasteiger partial charge in [0, 0.05) is 18.7 Å². The first-order chi connectivity index (χ1) is 15.0. The number of hydrogen-bond donors (Lipinski definition) is 1. The maximum atomic E-state index is 12.7. The Balaban J connectivity index is 1.58. The van der Waals surface area contributed by atoms with Crippen molar-refractivity contribution < 1.29 is 21.6 Å². The smallest absolute Gasteiger partial charge is 0.369 e. The summed E-state index contributed by atoms with van der Waals surface area (Å²) in [5.41, 5.74) is -0.0729. The fourth-order valence-corrected chi connectivity index (χ4v) is 5.39. The lowest BCUT2D eigenvalue weighted by atomic mass is 10.1. The van der Waals surface area contributed by atoms with Gasteiger partial charge in [-0.05, 0) is 30.2 Å². The molecule has 2 heterocycles. The maximum absolute atomic E-state index is 12.7. The largest absolute Gasteiger partial charge is 0.417 e. The molecule has 0 aliphatic carbocycles. The van der Waals surface area contributed by atoms with Gasteiger partial charge in [0.05, 0.1) is 15.5 Å². The summed E-state index contributed by atoms with van der Waals surface area (Å²) in [7, 11) is -3.55. The molecule has 0 saturated carbocycles. The maximum Gasteiger partial charge on any atom is 0.417 e.